The summed E-state index contributed by atoms with van der Waals surface area (Å²) >= 11 is 3.26. The molecule has 13 nitrogen and oxygen atoms in total. The Morgan fingerprint density at radius 2 is 1.16 bits per heavy atom. The minimum Gasteiger partial charge on any atom is -0.444 e. The van der Waals surface area contributed by atoms with Gasteiger partial charge in [-0.3, -0.25) is 9.97 Å². The average Bonchev–Trinajstić information content (AvgIpc) is 3.81. The molecule has 1 aliphatic rings. The third-order valence-electron chi connectivity index (χ3n) is 11.3. The summed E-state index contributed by atoms with van der Waals surface area (Å²) in [6.45, 7) is 14.5. The Hall–Kier alpha value is -6.69. The highest BCUT2D eigenvalue weighted by Crippen LogP contribution is 2.30. The number of piperidine rings is 1. The van der Waals surface area contributed by atoms with E-state index in [0.29, 0.717) is 103 Å². The van der Waals surface area contributed by atoms with Gasteiger partial charge in [-0.25, -0.2) is 52.3 Å². The molecule has 1 fully saturated rings. The number of fused-ring (bicyclic) bond motifs is 2. The zero-order valence-electron chi connectivity index (χ0n) is 38.1. The minimum absolute atomic E-state index is 0.165. The van der Waals surface area contributed by atoms with Gasteiger partial charge in [0.25, 0.3) is 0 Å². The van der Waals surface area contributed by atoms with Crippen molar-refractivity contribution in [3.8, 4) is 22.8 Å². The minimum atomic E-state index is -0.518. The number of nitrogens with zero attached hydrogens (tertiary/aromatic N) is 11. The fourth-order valence-corrected chi connectivity index (χ4v) is 8.51. The van der Waals surface area contributed by atoms with E-state index in [2.05, 4.69) is 50.8 Å². The van der Waals surface area contributed by atoms with Crippen molar-refractivity contribution in [2.24, 2.45) is 5.92 Å². The number of aryl methyl sites for hydroxylation is 4. The molecule has 0 bridgehead atoms. The molecule has 8 aromatic rings. The molecule has 6 aromatic heterocycles. The maximum absolute atomic E-state index is 15.5. The van der Waals surface area contributed by atoms with Crippen LogP contribution in [0.4, 0.5) is 22.4 Å². The van der Waals surface area contributed by atoms with Crippen LogP contribution in [0.1, 0.15) is 73.3 Å². The fourth-order valence-electron chi connectivity index (χ4n) is 8.17. The molecule has 0 aliphatic carbocycles. The Labute approximate surface area is 392 Å². The number of halogens is 5. The SMILES string of the molecule is Cc1nc(C)c2nc(-c3cncc(F)c3)n(Cc3ccc(Br)cc3F)c2n1.Cc1nc(C)c2nc(-c3cncc(F)c3)n(Cc3ccc(CC4CCN(C(=O)OC(C)(C)C)CC4)cc3F)c2n1. The number of hydrogen-bond donors (Lipinski definition) is 0. The second kappa shape index (κ2) is 19.3. The maximum atomic E-state index is 15.5. The van der Waals surface area contributed by atoms with Gasteiger partial charge in [0.1, 0.15) is 63.2 Å². The van der Waals surface area contributed by atoms with Crippen LogP contribution in [0.15, 0.2) is 77.8 Å². The molecule has 2 aromatic carbocycles. The molecule has 0 N–H and O–H groups in total. The summed E-state index contributed by atoms with van der Waals surface area (Å²) in [6.07, 6.45) is 7.45. The number of likely N-dealkylation sites (tertiary alicyclic amines) is 1. The molecular formula is C49H48BrF4N11O2. The maximum Gasteiger partial charge on any atom is 0.410 e. The smallest absolute Gasteiger partial charge is 0.410 e. The first-order chi connectivity index (χ1) is 31.9. The van der Waals surface area contributed by atoms with E-state index in [1.165, 1.54) is 30.6 Å². The molecule has 0 radical (unpaired) electrons. The number of imidazole rings is 2. The lowest BCUT2D eigenvalue weighted by Gasteiger charge is -2.33. The molecule has 0 saturated carbocycles. The van der Waals surface area contributed by atoms with E-state index in [4.69, 9.17) is 9.72 Å². The van der Waals surface area contributed by atoms with E-state index in [0.717, 1.165) is 37.2 Å². The quantitative estimate of drug-likeness (QED) is 0.135. The summed E-state index contributed by atoms with van der Waals surface area (Å²) in [6, 6.07) is 12.9. The van der Waals surface area contributed by atoms with Crippen molar-refractivity contribution in [1.29, 1.82) is 0 Å². The number of carbonyl (C=O) groups excluding carboxylic acids is 1. The number of ether oxygens (including phenoxy) is 1. The number of pyridine rings is 2. The van der Waals surface area contributed by atoms with Crippen molar-refractivity contribution in [1.82, 2.24) is 53.9 Å². The summed E-state index contributed by atoms with van der Waals surface area (Å²) in [5, 5.41) is 0. The van der Waals surface area contributed by atoms with Gasteiger partial charge in [0.15, 0.2) is 11.3 Å². The van der Waals surface area contributed by atoms with Crippen molar-refractivity contribution >= 4 is 44.4 Å². The largest absolute Gasteiger partial charge is 0.444 e. The summed E-state index contributed by atoms with van der Waals surface area (Å²) in [5.41, 5.74) is 6.01. The van der Waals surface area contributed by atoms with Crippen molar-refractivity contribution < 1.29 is 27.1 Å². The van der Waals surface area contributed by atoms with Crippen LogP contribution in [0, 0.1) is 56.9 Å². The van der Waals surface area contributed by atoms with Gasteiger partial charge < -0.3 is 18.8 Å². The van der Waals surface area contributed by atoms with Crippen molar-refractivity contribution in [3.63, 3.8) is 0 Å². The van der Waals surface area contributed by atoms with E-state index in [9.17, 15) is 18.0 Å². The lowest BCUT2D eigenvalue weighted by molar-refractivity contribution is 0.0184. The number of aromatic nitrogens is 10. The van der Waals surface area contributed by atoms with Crippen molar-refractivity contribution in [3.05, 3.63) is 141 Å². The average molecular weight is 979 g/mol. The Bertz CT molecular complexity index is 3140. The van der Waals surface area contributed by atoms with Gasteiger partial charge in [0.05, 0.1) is 36.9 Å². The van der Waals surface area contributed by atoms with E-state index in [1.54, 1.807) is 52.1 Å². The van der Waals surface area contributed by atoms with Gasteiger partial charge in [-0.15, -0.1) is 0 Å². The fraction of sp³-hybridized carbons (Fsp3) is 0.327. The molecule has 1 amide bonds. The van der Waals surface area contributed by atoms with Crippen LogP contribution in [-0.2, 0) is 24.2 Å². The predicted molar refractivity (Wildman–Crippen MR) is 249 cm³/mol. The third-order valence-corrected chi connectivity index (χ3v) is 11.8. The molecule has 9 rings (SSSR count). The summed E-state index contributed by atoms with van der Waals surface area (Å²) in [5.74, 6) is 0.796. The number of carbonyl (C=O) groups is 1. The van der Waals surface area contributed by atoms with Gasteiger partial charge in [-0.05, 0) is 110 Å². The third kappa shape index (κ3) is 10.8. The van der Waals surface area contributed by atoms with Crippen LogP contribution in [0.3, 0.4) is 0 Å². The normalized spacial score (nSPS) is 13.3. The molecule has 0 unspecified atom stereocenters. The Morgan fingerprint density at radius 1 is 0.672 bits per heavy atom. The molecule has 0 atom stereocenters. The van der Waals surface area contributed by atoms with E-state index >= 15 is 4.39 Å². The summed E-state index contributed by atoms with van der Waals surface area (Å²) in [7, 11) is 0. The number of rotatable bonds is 8. The Balaban J connectivity index is 0.000000196. The molecule has 18 heteroatoms. The number of hydrogen-bond acceptors (Lipinski definition) is 10. The van der Waals surface area contributed by atoms with E-state index < -0.39 is 17.2 Å². The Kier molecular flexibility index (Phi) is 13.5. The van der Waals surface area contributed by atoms with Crippen LogP contribution in [0.25, 0.3) is 45.1 Å². The molecule has 346 valence electrons. The molecule has 7 heterocycles. The highest BCUT2D eigenvalue weighted by atomic mass is 79.9. The number of benzene rings is 2. The van der Waals surface area contributed by atoms with E-state index in [1.807, 2.05) is 40.7 Å². The second-order valence-corrected chi connectivity index (χ2v) is 18.6. The van der Waals surface area contributed by atoms with Crippen LogP contribution >= 0.6 is 15.9 Å². The molecule has 0 spiro atoms. The van der Waals surface area contributed by atoms with Gasteiger partial charge >= 0.3 is 6.09 Å². The lowest BCUT2D eigenvalue weighted by atomic mass is 9.90. The highest BCUT2D eigenvalue weighted by molar-refractivity contribution is 9.10. The van der Waals surface area contributed by atoms with Gasteiger partial charge in [-0.2, -0.15) is 0 Å². The van der Waals surface area contributed by atoms with Crippen LogP contribution < -0.4 is 0 Å². The highest BCUT2D eigenvalue weighted by Gasteiger charge is 2.28. The molecule has 1 aliphatic heterocycles. The molecule has 67 heavy (non-hydrogen) atoms. The van der Waals surface area contributed by atoms with Gasteiger partial charge in [0, 0.05) is 52.2 Å². The number of amides is 1. The first-order valence-electron chi connectivity index (χ1n) is 21.7. The van der Waals surface area contributed by atoms with Crippen molar-refractivity contribution in [2.45, 2.75) is 86.4 Å². The van der Waals surface area contributed by atoms with Gasteiger partial charge in [0.2, 0.25) is 0 Å². The molecule has 1 saturated heterocycles. The molecular weight excluding hydrogens is 931 g/mol. The standard InChI is InChI=1S/C30H34F2N6O2.C19H14BrF2N5/c1-18-26-28(35-19(2)34-18)38(27(36-26)23-14-24(31)16-33-15-23)17-22-7-6-21(13-25(22)32)12-20-8-10-37(11-9-20)29(39)40-30(3,4)5;1-10-17-19(25-11(2)24-10)27(9-12-3-4-14(20)6-16(12)22)18(26-17)13-5-15(21)8-23-7-13/h6-7,13-16,20H,8-12,17H2,1-5H3;3-8H,9H2,1-2H3. The predicted octanol–water partition coefficient (Wildman–Crippen LogP) is 10.6. The monoisotopic (exact) mass is 977 g/mol. The zero-order valence-corrected chi connectivity index (χ0v) is 39.7. The van der Waals surface area contributed by atoms with E-state index in [-0.39, 0.29) is 30.8 Å². The van der Waals surface area contributed by atoms with Crippen LogP contribution in [0.2, 0.25) is 0 Å². The first kappa shape index (κ1) is 46.8. The first-order valence-corrected chi connectivity index (χ1v) is 22.5. The summed E-state index contributed by atoms with van der Waals surface area (Å²) < 4.78 is 67.3. The second-order valence-electron chi connectivity index (χ2n) is 17.7. The van der Waals surface area contributed by atoms with Gasteiger partial charge in [-0.1, -0.05) is 34.1 Å². The van der Waals surface area contributed by atoms with Crippen LogP contribution in [0.5, 0.6) is 0 Å². The lowest BCUT2D eigenvalue weighted by Crippen LogP contribution is -2.42. The zero-order chi connectivity index (χ0) is 47.7. The Morgan fingerprint density at radius 3 is 1.63 bits per heavy atom. The van der Waals surface area contributed by atoms with Crippen molar-refractivity contribution in [2.75, 3.05) is 13.1 Å². The summed E-state index contributed by atoms with van der Waals surface area (Å²) in [4.78, 5) is 49.1. The van der Waals surface area contributed by atoms with Crippen LogP contribution in [-0.4, -0.2) is 78.7 Å². The topological polar surface area (TPSA) is 143 Å².